The Morgan fingerprint density at radius 1 is 1.38 bits per heavy atom. The van der Waals surface area contributed by atoms with E-state index in [-0.39, 0.29) is 31.8 Å². The van der Waals surface area contributed by atoms with Crippen molar-refractivity contribution >= 4 is 11.9 Å². The Kier molecular flexibility index (Phi) is 4.82. The van der Waals surface area contributed by atoms with Crippen LogP contribution in [0.15, 0.2) is 36.5 Å². The summed E-state index contributed by atoms with van der Waals surface area (Å²) in [5, 5.41) is 20.4. The van der Waals surface area contributed by atoms with Gasteiger partial charge in [0.2, 0.25) is 0 Å². The fraction of sp³-hybridized carbons (Fsp3) is 0.368. The third-order valence-corrected chi connectivity index (χ3v) is 5.09. The van der Waals surface area contributed by atoms with Gasteiger partial charge in [0.05, 0.1) is 11.7 Å². The molecule has 1 amide bonds. The van der Waals surface area contributed by atoms with Crippen LogP contribution in [0.3, 0.4) is 0 Å². The molecule has 3 rings (SSSR count). The summed E-state index contributed by atoms with van der Waals surface area (Å²) in [6, 6.07) is 7.31. The molecule has 2 atom stereocenters. The molecule has 2 aromatic rings. The number of rotatable bonds is 4. The van der Waals surface area contributed by atoms with Gasteiger partial charge in [-0.3, -0.25) is 9.59 Å². The van der Waals surface area contributed by atoms with Gasteiger partial charge in [-0.15, -0.1) is 0 Å². The Morgan fingerprint density at radius 3 is 2.77 bits per heavy atom. The number of aryl methyl sites for hydroxylation is 1. The number of carboxylic acid groups (broad SMARTS) is 1. The van der Waals surface area contributed by atoms with E-state index in [1.165, 1.54) is 23.1 Å². The molecule has 0 unspecified atom stereocenters. The van der Waals surface area contributed by atoms with Crippen molar-refractivity contribution in [3.8, 4) is 0 Å². The molecule has 0 bridgehead atoms. The number of carbonyl (C=O) groups is 2. The van der Waals surface area contributed by atoms with Crippen molar-refractivity contribution in [2.75, 3.05) is 13.1 Å². The van der Waals surface area contributed by atoms with Gasteiger partial charge >= 0.3 is 5.97 Å². The van der Waals surface area contributed by atoms with Gasteiger partial charge in [-0.25, -0.2) is 4.39 Å². The number of aromatic nitrogens is 1. The zero-order valence-electron chi connectivity index (χ0n) is 14.4. The van der Waals surface area contributed by atoms with Gasteiger partial charge in [-0.2, -0.15) is 0 Å². The average molecular weight is 360 g/mol. The fourth-order valence-electron chi connectivity index (χ4n) is 3.58. The lowest BCUT2D eigenvalue weighted by atomic mass is 9.72. The molecule has 1 aromatic heterocycles. The SMILES string of the molecule is Cc1[nH]ccc1C(=O)N1CC[C@H](O)[C@](Cc2cccc(F)c2)(C(=O)O)C1. The van der Waals surface area contributed by atoms with Crippen LogP contribution in [0.1, 0.15) is 28.0 Å². The molecule has 3 N–H and O–H groups in total. The van der Waals surface area contributed by atoms with Crippen molar-refractivity contribution < 1.29 is 24.2 Å². The topological polar surface area (TPSA) is 93.6 Å². The first kappa shape index (κ1) is 18.1. The molecule has 1 aliphatic rings. The van der Waals surface area contributed by atoms with Gasteiger partial charge in [0, 0.05) is 25.0 Å². The highest BCUT2D eigenvalue weighted by Gasteiger charge is 2.50. The third-order valence-electron chi connectivity index (χ3n) is 5.09. The molecular formula is C19H21FN2O4. The molecule has 7 heteroatoms. The number of halogens is 1. The van der Waals surface area contributed by atoms with Gasteiger partial charge in [0.25, 0.3) is 5.91 Å². The summed E-state index contributed by atoms with van der Waals surface area (Å²) in [4.78, 5) is 29.3. The number of nitrogens with one attached hydrogen (secondary N) is 1. The van der Waals surface area contributed by atoms with Crippen LogP contribution in [-0.4, -0.2) is 51.2 Å². The smallest absolute Gasteiger partial charge is 0.314 e. The summed E-state index contributed by atoms with van der Waals surface area (Å²) in [7, 11) is 0. The summed E-state index contributed by atoms with van der Waals surface area (Å²) in [6.07, 6.45) is 0.617. The van der Waals surface area contributed by atoms with E-state index in [1.807, 2.05) is 0 Å². The number of hydrogen-bond donors (Lipinski definition) is 3. The Bertz CT molecular complexity index is 834. The Balaban J connectivity index is 1.91. The zero-order chi connectivity index (χ0) is 18.9. The van der Waals surface area contributed by atoms with E-state index < -0.39 is 23.3 Å². The predicted octanol–water partition coefficient (Wildman–Crippen LogP) is 1.98. The number of aromatic amines is 1. The summed E-state index contributed by atoms with van der Waals surface area (Å²) in [6.45, 7) is 1.90. The highest BCUT2D eigenvalue weighted by Crippen LogP contribution is 2.35. The summed E-state index contributed by atoms with van der Waals surface area (Å²) in [5.74, 6) is -1.94. The number of hydrogen-bond acceptors (Lipinski definition) is 3. The lowest BCUT2D eigenvalue weighted by Gasteiger charge is -2.43. The first-order valence-corrected chi connectivity index (χ1v) is 8.42. The number of carbonyl (C=O) groups excluding carboxylic acids is 1. The number of piperidine rings is 1. The maximum Gasteiger partial charge on any atom is 0.314 e. The van der Waals surface area contributed by atoms with Crippen LogP contribution in [-0.2, 0) is 11.2 Å². The predicted molar refractivity (Wildman–Crippen MR) is 92.2 cm³/mol. The van der Waals surface area contributed by atoms with Crippen LogP contribution >= 0.6 is 0 Å². The molecule has 6 nitrogen and oxygen atoms in total. The first-order chi connectivity index (χ1) is 12.3. The Morgan fingerprint density at radius 2 is 2.15 bits per heavy atom. The average Bonchev–Trinajstić information content (AvgIpc) is 3.02. The van der Waals surface area contributed by atoms with Crippen LogP contribution < -0.4 is 0 Å². The number of likely N-dealkylation sites (tertiary alicyclic amines) is 1. The van der Waals surface area contributed by atoms with Gasteiger partial charge in [0.1, 0.15) is 11.2 Å². The monoisotopic (exact) mass is 360 g/mol. The molecule has 0 saturated carbocycles. The minimum absolute atomic E-state index is 0.0584. The summed E-state index contributed by atoms with van der Waals surface area (Å²) >= 11 is 0. The second-order valence-corrected chi connectivity index (χ2v) is 6.82. The molecule has 1 aliphatic heterocycles. The van der Waals surface area contributed by atoms with E-state index in [2.05, 4.69) is 4.98 Å². The van der Waals surface area contributed by atoms with E-state index >= 15 is 0 Å². The number of H-pyrrole nitrogens is 1. The summed E-state index contributed by atoms with van der Waals surface area (Å²) in [5.41, 5.74) is 0.0727. The normalized spacial score (nSPS) is 23.0. The highest BCUT2D eigenvalue weighted by molar-refractivity contribution is 5.96. The zero-order valence-corrected chi connectivity index (χ0v) is 14.4. The van der Waals surface area contributed by atoms with E-state index in [0.29, 0.717) is 16.8 Å². The number of nitrogens with zero attached hydrogens (tertiary/aromatic N) is 1. The van der Waals surface area contributed by atoms with Crippen molar-refractivity contribution in [3.05, 3.63) is 59.2 Å². The molecule has 2 heterocycles. The highest BCUT2D eigenvalue weighted by atomic mass is 19.1. The minimum atomic E-state index is -1.58. The maximum atomic E-state index is 13.5. The van der Waals surface area contributed by atoms with Crippen LogP contribution in [0.4, 0.5) is 4.39 Å². The molecule has 0 aliphatic carbocycles. The lowest BCUT2D eigenvalue weighted by Crippen LogP contribution is -2.58. The molecule has 26 heavy (non-hydrogen) atoms. The van der Waals surface area contributed by atoms with Crippen molar-refractivity contribution in [3.63, 3.8) is 0 Å². The quantitative estimate of drug-likeness (QED) is 0.777. The van der Waals surface area contributed by atoms with Crippen LogP contribution in [0.2, 0.25) is 0 Å². The van der Waals surface area contributed by atoms with Gasteiger partial charge in [0.15, 0.2) is 0 Å². The molecule has 0 radical (unpaired) electrons. The number of aliphatic carboxylic acids is 1. The lowest BCUT2D eigenvalue weighted by molar-refractivity contribution is -0.161. The van der Waals surface area contributed by atoms with Crippen LogP contribution in [0.5, 0.6) is 0 Å². The summed E-state index contributed by atoms with van der Waals surface area (Å²) < 4.78 is 13.5. The van der Waals surface area contributed by atoms with Crippen molar-refractivity contribution in [1.29, 1.82) is 0 Å². The molecule has 1 fully saturated rings. The number of carboxylic acids is 1. The van der Waals surface area contributed by atoms with E-state index in [0.717, 1.165) is 0 Å². The Hall–Kier alpha value is -2.67. The second-order valence-electron chi connectivity index (χ2n) is 6.82. The number of aliphatic hydroxyl groups excluding tert-OH is 1. The number of benzene rings is 1. The fourth-order valence-corrected chi connectivity index (χ4v) is 3.58. The molecule has 0 spiro atoms. The largest absolute Gasteiger partial charge is 0.481 e. The van der Waals surface area contributed by atoms with Crippen LogP contribution in [0.25, 0.3) is 0 Å². The third kappa shape index (κ3) is 3.22. The molecule has 138 valence electrons. The van der Waals surface area contributed by atoms with Crippen LogP contribution in [0, 0.1) is 18.2 Å². The van der Waals surface area contributed by atoms with E-state index in [4.69, 9.17) is 0 Å². The van der Waals surface area contributed by atoms with Crippen molar-refractivity contribution in [2.24, 2.45) is 5.41 Å². The minimum Gasteiger partial charge on any atom is -0.481 e. The van der Waals surface area contributed by atoms with E-state index in [9.17, 15) is 24.2 Å². The van der Waals surface area contributed by atoms with E-state index in [1.54, 1.807) is 25.3 Å². The standard InChI is InChI=1S/C19H21FN2O4/c1-12-15(5-7-21-12)17(24)22-8-6-16(23)19(11-22,18(25)26)10-13-3-2-4-14(20)9-13/h2-5,7,9,16,21,23H,6,8,10-11H2,1H3,(H,25,26)/t16-,19+/m0/s1. The van der Waals surface area contributed by atoms with Crippen molar-refractivity contribution in [2.45, 2.75) is 25.9 Å². The Labute approximate surface area is 150 Å². The van der Waals surface area contributed by atoms with Crippen molar-refractivity contribution in [1.82, 2.24) is 9.88 Å². The van der Waals surface area contributed by atoms with Gasteiger partial charge in [-0.1, -0.05) is 12.1 Å². The number of aliphatic hydroxyl groups is 1. The van der Waals surface area contributed by atoms with Gasteiger partial charge in [-0.05, 0) is 43.5 Å². The second kappa shape index (κ2) is 6.92. The first-order valence-electron chi connectivity index (χ1n) is 8.42. The van der Waals surface area contributed by atoms with Gasteiger partial charge < -0.3 is 20.1 Å². The molecule has 1 saturated heterocycles. The molecular weight excluding hydrogens is 339 g/mol. The maximum absolute atomic E-state index is 13.5. The molecule has 1 aromatic carbocycles. The number of amides is 1.